The Bertz CT molecular complexity index is 1200. The number of thiophene rings is 1. The molecule has 1 fully saturated rings. The number of sulfonamides is 1. The highest BCUT2D eigenvalue weighted by Crippen LogP contribution is 2.38. The summed E-state index contributed by atoms with van der Waals surface area (Å²) in [6.07, 6.45) is 0. The molecule has 7 nitrogen and oxygen atoms in total. The lowest BCUT2D eigenvalue weighted by Crippen LogP contribution is -2.48. The summed E-state index contributed by atoms with van der Waals surface area (Å²) in [7, 11) is -1.03. The highest BCUT2D eigenvalue weighted by atomic mass is 32.2. The lowest BCUT2D eigenvalue weighted by Gasteiger charge is -2.35. The van der Waals surface area contributed by atoms with Crippen LogP contribution in [-0.4, -0.2) is 59.1 Å². The topological polar surface area (TPSA) is 76.2 Å². The summed E-state index contributed by atoms with van der Waals surface area (Å²) in [6, 6.07) is 16.9. The first-order chi connectivity index (χ1) is 15.5. The molecule has 1 saturated heterocycles. The Kier molecular flexibility index (Phi) is 6.50. The predicted molar refractivity (Wildman–Crippen MR) is 125 cm³/mol. The molecule has 0 bridgehead atoms. The Balaban J connectivity index is 1.64. The van der Waals surface area contributed by atoms with Crippen LogP contribution < -0.4 is 9.64 Å². The van der Waals surface area contributed by atoms with Gasteiger partial charge in [0, 0.05) is 48.9 Å². The zero-order chi connectivity index (χ0) is 22.7. The maximum atomic E-state index is 13.7. The van der Waals surface area contributed by atoms with E-state index in [1.165, 1.54) is 11.4 Å². The molecule has 3 aromatic rings. The van der Waals surface area contributed by atoms with Crippen LogP contribution in [0.25, 0.3) is 11.1 Å². The molecule has 2 aromatic carbocycles. The molecule has 0 spiro atoms. The number of methoxy groups -OCH3 is 2. The zero-order valence-electron chi connectivity index (χ0n) is 17.9. The molecule has 1 aromatic heterocycles. The summed E-state index contributed by atoms with van der Waals surface area (Å²) in [4.78, 5) is 14.6. The number of benzene rings is 2. The molecule has 1 aliphatic rings. The summed E-state index contributed by atoms with van der Waals surface area (Å²) in [5.41, 5.74) is 2.25. The molecule has 0 saturated carbocycles. The lowest BCUT2D eigenvalue weighted by atomic mass is 10.1. The van der Waals surface area contributed by atoms with Gasteiger partial charge in [-0.1, -0.05) is 36.4 Å². The average Bonchev–Trinajstić information content (AvgIpc) is 3.30. The summed E-state index contributed by atoms with van der Waals surface area (Å²) in [5, 5.41) is 1.71. The standard InChI is InChI=1S/C23H24N2O5S2/c1-29-19-10-6-9-18(15-19)24-11-13-25(14-12-24)32(27,28)22-20(17-7-4-3-5-8-17)16-31-21(22)23(26)30-2/h3-10,15-16H,11-14H2,1-2H3. The van der Waals surface area contributed by atoms with Crippen molar-refractivity contribution in [2.45, 2.75) is 4.90 Å². The Morgan fingerprint density at radius 3 is 2.34 bits per heavy atom. The second-order valence-electron chi connectivity index (χ2n) is 7.26. The number of anilines is 1. The van der Waals surface area contributed by atoms with E-state index in [0.717, 1.165) is 28.3 Å². The van der Waals surface area contributed by atoms with E-state index in [0.29, 0.717) is 31.7 Å². The fraction of sp³-hybridized carbons (Fsp3) is 0.261. The predicted octanol–water partition coefficient (Wildman–Crippen LogP) is 3.72. The van der Waals surface area contributed by atoms with Crippen LogP contribution in [0.5, 0.6) is 5.75 Å². The third kappa shape index (κ3) is 4.23. The molecule has 4 rings (SSSR count). The molecule has 0 amide bonds. The number of esters is 1. The molecular formula is C23H24N2O5S2. The number of hydrogen-bond acceptors (Lipinski definition) is 7. The third-order valence-electron chi connectivity index (χ3n) is 5.46. The van der Waals surface area contributed by atoms with Gasteiger partial charge in [-0.2, -0.15) is 4.31 Å². The number of rotatable bonds is 6. The third-order valence-corrected chi connectivity index (χ3v) is 8.53. The first-order valence-corrected chi connectivity index (χ1v) is 12.4. The van der Waals surface area contributed by atoms with E-state index in [9.17, 15) is 13.2 Å². The normalized spacial score (nSPS) is 14.9. The van der Waals surface area contributed by atoms with E-state index in [1.807, 2.05) is 54.6 Å². The number of carbonyl (C=O) groups excluding carboxylic acids is 1. The van der Waals surface area contributed by atoms with Crippen molar-refractivity contribution in [2.24, 2.45) is 0 Å². The van der Waals surface area contributed by atoms with E-state index in [4.69, 9.17) is 9.47 Å². The Labute approximate surface area is 191 Å². The minimum Gasteiger partial charge on any atom is -0.497 e. The quantitative estimate of drug-likeness (QED) is 0.509. The molecule has 0 N–H and O–H groups in total. The zero-order valence-corrected chi connectivity index (χ0v) is 19.5. The van der Waals surface area contributed by atoms with Gasteiger partial charge in [0.15, 0.2) is 0 Å². The fourth-order valence-corrected chi connectivity index (χ4v) is 6.87. The van der Waals surface area contributed by atoms with Crippen LogP contribution in [-0.2, 0) is 14.8 Å². The fourth-order valence-electron chi connectivity index (χ4n) is 3.78. The second-order valence-corrected chi connectivity index (χ2v) is 10.0. The van der Waals surface area contributed by atoms with E-state index in [-0.39, 0.29) is 9.77 Å². The number of piperazine rings is 1. The van der Waals surface area contributed by atoms with Gasteiger partial charge in [-0.05, 0) is 17.7 Å². The van der Waals surface area contributed by atoms with Gasteiger partial charge >= 0.3 is 5.97 Å². The maximum Gasteiger partial charge on any atom is 0.349 e. The summed E-state index contributed by atoms with van der Waals surface area (Å²) >= 11 is 1.09. The van der Waals surface area contributed by atoms with E-state index >= 15 is 0 Å². The van der Waals surface area contributed by atoms with Gasteiger partial charge in [0.25, 0.3) is 0 Å². The van der Waals surface area contributed by atoms with Gasteiger partial charge in [0.1, 0.15) is 15.5 Å². The number of carbonyl (C=O) groups is 1. The minimum absolute atomic E-state index is 0.0235. The molecule has 0 radical (unpaired) electrons. The minimum atomic E-state index is -3.91. The molecule has 2 heterocycles. The molecule has 32 heavy (non-hydrogen) atoms. The van der Waals surface area contributed by atoms with Gasteiger partial charge < -0.3 is 14.4 Å². The second kappa shape index (κ2) is 9.32. The van der Waals surface area contributed by atoms with Crippen LogP contribution in [0.3, 0.4) is 0 Å². The van der Waals surface area contributed by atoms with Gasteiger partial charge in [-0.25, -0.2) is 13.2 Å². The van der Waals surface area contributed by atoms with Crippen molar-refractivity contribution < 1.29 is 22.7 Å². The molecule has 9 heteroatoms. The lowest BCUT2D eigenvalue weighted by molar-refractivity contribution is 0.0602. The number of hydrogen-bond donors (Lipinski definition) is 0. The van der Waals surface area contributed by atoms with Crippen molar-refractivity contribution in [1.82, 2.24) is 4.31 Å². The van der Waals surface area contributed by atoms with Crippen LogP contribution in [0.15, 0.2) is 64.9 Å². The van der Waals surface area contributed by atoms with Gasteiger partial charge in [0.05, 0.1) is 14.2 Å². The first kappa shape index (κ1) is 22.3. The van der Waals surface area contributed by atoms with Crippen molar-refractivity contribution in [3.8, 4) is 16.9 Å². The van der Waals surface area contributed by atoms with E-state index < -0.39 is 16.0 Å². The van der Waals surface area contributed by atoms with Gasteiger partial charge in [-0.3, -0.25) is 0 Å². The van der Waals surface area contributed by atoms with Crippen molar-refractivity contribution in [2.75, 3.05) is 45.3 Å². The van der Waals surface area contributed by atoms with Crippen molar-refractivity contribution >= 4 is 33.0 Å². The van der Waals surface area contributed by atoms with Crippen LogP contribution in [0.4, 0.5) is 5.69 Å². The molecular weight excluding hydrogens is 448 g/mol. The summed E-state index contributed by atoms with van der Waals surface area (Å²) in [5.74, 6) is 0.108. The molecule has 0 atom stereocenters. The molecule has 168 valence electrons. The van der Waals surface area contributed by atoms with Crippen LogP contribution in [0.1, 0.15) is 9.67 Å². The SMILES string of the molecule is COC(=O)c1scc(-c2ccccc2)c1S(=O)(=O)N1CCN(c2cccc(OC)c2)CC1. The highest BCUT2D eigenvalue weighted by Gasteiger charge is 2.36. The monoisotopic (exact) mass is 472 g/mol. The Morgan fingerprint density at radius 1 is 0.969 bits per heavy atom. The highest BCUT2D eigenvalue weighted by molar-refractivity contribution is 7.89. The maximum absolute atomic E-state index is 13.7. The average molecular weight is 473 g/mol. The molecule has 0 unspecified atom stereocenters. The van der Waals surface area contributed by atoms with Crippen LogP contribution in [0.2, 0.25) is 0 Å². The van der Waals surface area contributed by atoms with Gasteiger partial charge in [-0.15, -0.1) is 11.3 Å². The summed E-state index contributed by atoms with van der Waals surface area (Å²) in [6.45, 7) is 1.68. The number of ether oxygens (including phenoxy) is 2. The smallest absolute Gasteiger partial charge is 0.349 e. The van der Waals surface area contributed by atoms with Crippen LogP contribution >= 0.6 is 11.3 Å². The number of nitrogens with zero attached hydrogens (tertiary/aromatic N) is 2. The van der Waals surface area contributed by atoms with E-state index in [2.05, 4.69) is 4.90 Å². The Hall–Kier alpha value is -2.88. The molecule has 0 aliphatic carbocycles. The van der Waals surface area contributed by atoms with Crippen molar-refractivity contribution in [3.05, 3.63) is 64.9 Å². The van der Waals surface area contributed by atoms with Crippen molar-refractivity contribution in [3.63, 3.8) is 0 Å². The largest absolute Gasteiger partial charge is 0.497 e. The molecule has 1 aliphatic heterocycles. The first-order valence-electron chi connectivity index (χ1n) is 10.1. The van der Waals surface area contributed by atoms with E-state index in [1.54, 1.807) is 12.5 Å². The van der Waals surface area contributed by atoms with Gasteiger partial charge in [0.2, 0.25) is 10.0 Å². The van der Waals surface area contributed by atoms with Crippen LogP contribution in [0, 0.1) is 0 Å². The summed E-state index contributed by atoms with van der Waals surface area (Å²) < 4.78 is 39.0. The Morgan fingerprint density at radius 2 is 1.69 bits per heavy atom. The van der Waals surface area contributed by atoms with Crippen molar-refractivity contribution in [1.29, 1.82) is 0 Å².